The lowest BCUT2D eigenvalue weighted by Crippen LogP contribution is -1.93. The Bertz CT molecular complexity index is 538. The fraction of sp³-hybridized carbons (Fsp3) is 0.333. The minimum absolute atomic E-state index is 0.534. The standard InChI is InChI=1S/C15H17NO2/c1-10(2)8-12-4-6-13(7-5-12)15-14(9-17)11(3)16-18-15/h4-7,9-10H,8H2,1-3H3. The van der Waals surface area contributed by atoms with Crippen LogP contribution in [0.25, 0.3) is 11.3 Å². The summed E-state index contributed by atoms with van der Waals surface area (Å²) in [6.07, 6.45) is 1.85. The maximum atomic E-state index is 11.0. The number of carbonyl (C=O) groups excluding carboxylic acids is 1. The fourth-order valence-electron chi connectivity index (χ4n) is 1.99. The number of aryl methyl sites for hydroxylation is 1. The minimum atomic E-state index is 0.534. The van der Waals surface area contributed by atoms with Gasteiger partial charge in [-0.1, -0.05) is 43.3 Å². The predicted molar refractivity (Wildman–Crippen MR) is 70.6 cm³/mol. The van der Waals surface area contributed by atoms with Gasteiger partial charge in [-0.15, -0.1) is 0 Å². The second kappa shape index (κ2) is 5.17. The van der Waals surface area contributed by atoms with Crippen molar-refractivity contribution >= 4 is 6.29 Å². The molecule has 0 aliphatic carbocycles. The zero-order valence-corrected chi connectivity index (χ0v) is 10.9. The van der Waals surface area contributed by atoms with Gasteiger partial charge >= 0.3 is 0 Å². The molecule has 0 saturated heterocycles. The van der Waals surface area contributed by atoms with E-state index in [0.717, 1.165) is 18.3 Å². The van der Waals surface area contributed by atoms with Crippen LogP contribution >= 0.6 is 0 Å². The maximum Gasteiger partial charge on any atom is 0.177 e. The normalized spacial score (nSPS) is 10.9. The molecule has 0 bridgehead atoms. The molecule has 94 valence electrons. The monoisotopic (exact) mass is 243 g/mol. The van der Waals surface area contributed by atoms with E-state index in [4.69, 9.17) is 4.52 Å². The van der Waals surface area contributed by atoms with Crippen molar-refractivity contribution in [2.24, 2.45) is 5.92 Å². The molecule has 3 nitrogen and oxygen atoms in total. The van der Waals surface area contributed by atoms with E-state index >= 15 is 0 Å². The van der Waals surface area contributed by atoms with Crippen molar-refractivity contribution in [1.82, 2.24) is 5.16 Å². The Kier molecular flexibility index (Phi) is 3.60. The molecule has 1 aromatic heterocycles. The summed E-state index contributed by atoms with van der Waals surface area (Å²) in [4.78, 5) is 11.0. The summed E-state index contributed by atoms with van der Waals surface area (Å²) in [5.41, 5.74) is 3.35. The number of benzene rings is 1. The molecule has 0 atom stereocenters. The van der Waals surface area contributed by atoms with Crippen LogP contribution < -0.4 is 0 Å². The van der Waals surface area contributed by atoms with E-state index in [1.165, 1.54) is 5.56 Å². The van der Waals surface area contributed by atoms with Crippen molar-refractivity contribution in [2.45, 2.75) is 27.2 Å². The molecule has 2 aromatic rings. The molecule has 0 spiro atoms. The van der Waals surface area contributed by atoms with Crippen LogP contribution in [-0.2, 0) is 6.42 Å². The Labute approximate surface area is 107 Å². The van der Waals surface area contributed by atoms with E-state index in [-0.39, 0.29) is 0 Å². The first kappa shape index (κ1) is 12.6. The van der Waals surface area contributed by atoms with Gasteiger partial charge in [0.15, 0.2) is 12.0 Å². The third-order valence-electron chi connectivity index (χ3n) is 2.89. The molecule has 0 amide bonds. The number of aldehydes is 1. The van der Waals surface area contributed by atoms with Gasteiger partial charge in [0.1, 0.15) is 0 Å². The molecule has 0 aliphatic heterocycles. The van der Waals surface area contributed by atoms with Gasteiger partial charge in [0.2, 0.25) is 0 Å². The second-order valence-corrected chi connectivity index (χ2v) is 4.92. The molecule has 0 N–H and O–H groups in total. The van der Waals surface area contributed by atoms with Gasteiger partial charge in [-0.05, 0) is 24.8 Å². The Morgan fingerprint density at radius 3 is 2.50 bits per heavy atom. The van der Waals surface area contributed by atoms with Crippen LogP contribution in [0.1, 0.15) is 35.5 Å². The van der Waals surface area contributed by atoms with Crippen molar-refractivity contribution < 1.29 is 9.32 Å². The number of rotatable bonds is 4. The van der Waals surface area contributed by atoms with E-state index < -0.39 is 0 Å². The number of hydrogen-bond acceptors (Lipinski definition) is 3. The molecule has 2 rings (SSSR count). The molecule has 0 fully saturated rings. The van der Waals surface area contributed by atoms with Crippen LogP contribution in [0.4, 0.5) is 0 Å². The Morgan fingerprint density at radius 2 is 1.94 bits per heavy atom. The Morgan fingerprint density at radius 1 is 1.28 bits per heavy atom. The number of aromatic nitrogens is 1. The van der Waals surface area contributed by atoms with E-state index in [0.29, 0.717) is 22.9 Å². The SMILES string of the molecule is Cc1noc(-c2ccc(CC(C)C)cc2)c1C=O. The number of hydrogen-bond donors (Lipinski definition) is 0. The first-order valence-electron chi connectivity index (χ1n) is 6.12. The first-order valence-corrected chi connectivity index (χ1v) is 6.12. The van der Waals surface area contributed by atoms with Crippen LogP contribution in [0, 0.1) is 12.8 Å². The van der Waals surface area contributed by atoms with Crippen molar-refractivity contribution in [3.05, 3.63) is 41.1 Å². The average molecular weight is 243 g/mol. The minimum Gasteiger partial charge on any atom is -0.355 e. The molecule has 3 heteroatoms. The average Bonchev–Trinajstić information content (AvgIpc) is 2.70. The Hall–Kier alpha value is -1.90. The van der Waals surface area contributed by atoms with Gasteiger partial charge in [0.25, 0.3) is 0 Å². The maximum absolute atomic E-state index is 11.0. The number of carbonyl (C=O) groups is 1. The van der Waals surface area contributed by atoms with E-state index in [1.54, 1.807) is 6.92 Å². The van der Waals surface area contributed by atoms with Gasteiger partial charge in [-0.25, -0.2) is 0 Å². The third-order valence-corrected chi connectivity index (χ3v) is 2.89. The summed E-state index contributed by atoms with van der Waals surface area (Å²) in [5, 5.41) is 3.83. The van der Waals surface area contributed by atoms with Crippen molar-refractivity contribution in [1.29, 1.82) is 0 Å². The van der Waals surface area contributed by atoms with Crippen LogP contribution in [0.2, 0.25) is 0 Å². The highest BCUT2D eigenvalue weighted by molar-refractivity contribution is 5.86. The highest BCUT2D eigenvalue weighted by Gasteiger charge is 2.13. The van der Waals surface area contributed by atoms with E-state index in [1.807, 2.05) is 12.1 Å². The molecule has 0 aliphatic rings. The third kappa shape index (κ3) is 2.50. The van der Waals surface area contributed by atoms with E-state index in [9.17, 15) is 4.79 Å². The highest BCUT2D eigenvalue weighted by atomic mass is 16.5. The second-order valence-electron chi connectivity index (χ2n) is 4.92. The Balaban J connectivity index is 2.31. The largest absolute Gasteiger partial charge is 0.355 e. The molecule has 0 radical (unpaired) electrons. The molecule has 18 heavy (non-hydrogen) atoms. The summed E-state index contributed by atoms with van der Waals surface area (Å²) in [5.74, 6) is 1.19. The van der Waals surface area contributed by atoms with Crippen LogP contribution in [0.15, 0.2) is 28.8 Å². The zero-order valence-electron chi connectivity index (χ0n) is 10.9. The lowest BCUT2D eigenvalue weighted by Gasteiger charge is -2.05. The van der Waals surface area contributed by atoms with Crippen LogP contribution in [0.5, 0.6) is 0 Å². The lowest BCUT2D eigenvalue weighted by atomic mass is 10.0. The van der Waals surface area contributed by atoms with Crippen molar-refractivity contribution in [3.63, 3.8) is 0 Å². The summed E-state index contributed by atoms with van der Waals surface area (Å²) in [6, 6.07) is 8.10. The van der Waals surface area contributed by atoms with Gasteiger partial charge in [-0.3, -0.25) is 4.79 Å². The molecule has 0 saturated carbocycles. The zero-order chi connectivity index (χ0) is 13.1. The predicted octanol–water partition coefficient (Wildman–Crippen LogP) is 3.66. The van der Waals surface area contributed by atoms with Gasteiger partial charge in [0, 0.05) is 5.56 Å². The van der Waals surface area contributed by atoms with E-state index in [2.05, 4.69) is 31.1 Å². The van der Waals surface area contributed by atoms with Gasteiger partial charge in [-0.2, -0.15) is 0 Å². The number of nitrogens with zero attached hydrogens (tertiary/aromatic N) is 1. The molecule has 1 aromatic carbocycles. The smallest absolute Gasteiger partial charge is 0.177 e. The van der Waals surface area contributed by atoms with Crippen molar-refractivity contribution in [3.8, 4) is 11.3 Å². The molecule has 1 heterocycles. The van der Waals surface area contributed by atoms with Crippen LogP contribution in [-0.4, -0.2) is 11.4 Å². The van der Waals surface area contributed by atoms with Crippen LogP contribution in [0.3, 0.4) is 0 Å². The first-order chi connectivity index (χ1) is 8.61. The molecular formula is C15H17NO2. The quantitative estimate of drug-likeness (QED) is 0.769. The van der Waals surface area contributed by atoms with Gasteiger partial charge in [0.05, 0.1) is 11.3 Å². The fourth-order valence-corrected chi connectivity index (χ4v) is 1.99. The summed E-state index contributed by atoms with van der Waals surface area (Å²) >= 11 is 0. The summed E-state index contributed by atoms with van der Waals surface area (Å²) < 4.78 is 5.21. The van der Waals surface area contributed by atoms with Gasteiger partial charge < -0.3 is 4.52 Å². The lowest BCUT2D eigenvalue weighted by molar-refractivity contribution is 0.112. The summed E-state index contributed by atoms with van der Waals surface area (Å²) in [6.45, 7) is 6.15. The highest BCUT2D eigenvalue weighted by Crippen LogP contribution is 2.25. The summed E-state index contributed by atoms with van der Waals surface area (Å²) in [7, 11) is 0. The topological polar surface area (TPSA) is 43.1 Å². The molecule has 0 unspecified atom stereocenters. The molecular weight excluding hydrogens is 226 g/mol. The van der Waals surface area contributed by atoms with Crippen molar-refractivity contribution in [2.75, 3.05) is 0 Å².